The first-order valence-corrected chi connectivity index (χ1v) is 5.87. The van der Waals surface area contributed by atoms with Crippen molar-refractivity contribution in [1.82, 2.24) is 0 Å². The molecule has 1 nitrogen and oxygen atoms in total. The molecule has 1 N–H and O–H groups in total. The summed E-state index contributed by atoms with van der Waals surface area (Å²) < 4.78 is 1.09. The molecule has 0 aromatic carbocycles. The molecular formula is C10H15BrOS. The van der Waals surface area contributed by atoms with Crippen LogP contribution in [0.2, 0.25) is 0 Å². The Labute approximate surface area is 91.9 Å². The predicted octanol–water partition coefficient (Wildman–Crippen LogP) is 3.90. The molecule has 13 heavy (non-hydrogen) atoms. The van der Waals surface area contributed by atoms with Gasteiger partial charge in [-0.05, 0) is 34.3 Å². The van der Waals surface area contributed by atoms with E-state index in [1.807, 2.05) is 33.8 Å². The van der Waals surface area contributed by atoms with Crippen molar-refractivity contribution in [1.29, 1.82) is 0 Å². The van der Waals surface area contributed by atoms with Crippen LogP contribution < -0.4 is 0 Å². The molecule has 1 unspecified atom stereocenters. The molecule has 1 atom stereocenters. The Bertz CT molecular complexity index is 279. The largest absolute Gasteiger partial charge is 0.387 e. The third-order valence-corrected chi connectivity index (χ3v) is 4.16. The van der Waals surface area contributed by atoms with Crippen LogP contribution in [0.15, 0.2) is 10.5 Å². The van der Waals surface area contributed by atoms with Gasteiger partial charge in [-0.25, -0.2) is 0 Å². The van der Waals surface area contributed by atoms with Gasteiger partial charge in [0.25, 0.3) is 0 Å². The maximum atomic E-state index is 9.98. The number of hydrogen-bond acceptors (Lipinski definition) is 2. The van der Waals surface area contributed by atoms with E-state index >= 15 is 0 Å². The number of thiophene rings is 1. The summed E-state index contributed by atoms with van der Waals surface area (Å²) in [7, 11) is 0. The SMILES string of the molecule is Cc1sc(C(O)C(C)(C)C)cc1Br. The first-order chi connectivity index (χ1) is 5.82. The average molecular weight is 263 g/mol. The molecule has 0 radical (unpaired) electrons. The number of hydrogen-bond donors (Lipinski definition) is 1. The highest BCUT2D eigenvalue weighted by molar-refractivity contribution is 9.10. The van der Waals surface area contributed by atoms with Crippen LogP contribution in [0.25, 0.3) is 0 Å². The van der Waals surface area contributed by atoms with E-state index in [1.54, 1.807) is 11.3 Å². The maximum absolute atomic E-state index is 9.98. The highest BCUT2D eigenvalue weighted by atomic mass is 79.9. The van der Waals surface area contributed by atoms with E-state index in [4.69, 9.17) is 0 Å². The third-order valence-electron chi connectivity index (χ3n) is 1.97. The Balaban J connectivity index is 2.96. The minimum atomic E-state index is -0.373. The number of aliphatic hydroxyl groups is 1. The van der Waals surface area contributed by atoms with Crippen molar-refractivity contribution >= 4 is 27.3 Å². The summed E-state index contributed by atoms with van der Waals surface area (Å²) in [5.74, 6) is 0. The second-order valence-corrected chi connectivity index (χ2v) is 6.46. The monoisotopic (exact) mass is 262 g/mol. The van der Waals surface area contributed by atoms with Gasteiger partial charge in [-0.15, -0.1) is 11.3 Å². The molecule has 0 aliphatic heterocycles. The van der Waals surface area contributed by atoms with Crippen LogP contribution in [0.4, 0.5) is 0 Å². The Morgan fingerprint density at radius 3 is 2.31 bits per heavy atom. The van der Waals surface area contributed by atoms with Gasteiger partial charge in [0.1, 0.15) is 0 Å². The van der Waals surface area contributed by atoms with Crippen LogP contribution >= 0.6 is 27.3 Å². The van der Waals surface area contributed by atoms with Gasteiger partial charge >= 0.3 is 0 Å². The lowest BCUT2D eigenvalue weighted by Crippen LogP contribution is -2.16. The van der Waals surface area contributed by atoms with Crippen LogP contribution in [0.3, 0.4) is 0 Å². The van der Waals surface area contributed by atoms with Gasteiger partial charge in [0.15, 0.2) is 0 Å². The standard InChI is InChI=1S/C10H15BrOS/c1-6-7(11)5-8(13-6)9(12)10(2,3)4/h5,9,12H,1-4H3. The van der Waals surface area contributed by atoms with Gasteiger partial charge in [-0.2, -0.15) is 0 Å². The van der Waals surface area contributed by atoms with E-state index in [0.29, 0.717) is 0 Å². The Kier molecular flexibility index (Phi) is 3.20. The Morgan fingerprint density at radius 2 is 2.00 bits per heavy atom. The van der Waals surface area contributed by atoms with E-state index in [9.17, 15) is 5.11 Å². The van der Waals surface area contributed by atoms with Gasteiger partial charge in [-0.1, -0.05) is 20.8 Å². The second kappa shape index (κ2) is 3.71. The molecule has 1 heterocycles. The molecule has 74 valence electrons. The molecule has 1 rings (SSSR count). The zero-order valence-corrected chi connectivity index (χ0v) is 10.8. The van der Waals surface area contributed by atoms with Crippen molar-refractivity contribution in [3.8, 4) is 0 Å². The van der Waals surface area contributed by atoms with Crippen molar-refractivity contribution in [2.75, 3.05) is 0 Å². The first-order valence-electron chi connectivity index (χ1n) is 4.26. The molecule has 3 heteroatoms. The second-order valence-electron chi connectivity index (χ2n) is 4.32. The molecule has 0 saturated heterocycles. The van der Waals surface area contributed by atoms with Crippen LogP contribution in [0.5, 0.6) is 0 Å². The Morgan fingerprint density at radius 1 is 1.46 bits per heavy atom. The quantitative estimate of drug-likeness (QED) is 0.814. The zero-order valence-electron chi connectivity index (χ0n) is 8.39. The van der Waals surface area contributed by atoms with Crippen LogP contribution in [-0.4, -0.2) is 5.11 Å². The molecule has 1 aromatic heterocycles. The summed E-state index contributed by atoms with van der Waals surface area (Å²) in [5.41, 5.74) is -0.0866. The summed E-state index contributed by atoms with van der Waals surface area (Å²) >= 11 is 5.10. The minimum absolute atomic E-state index is 0.0866. The number of halogens is 1. The van der Waals surface area contributed by atoms with Crippen LogP contribution in [-0.2, 0) is 0 Å². The van der Waals surface area contributed by atoms with Crippen LogP contribution in [0, 0.1) is 12.3 Å². The third kappa shape index (κ3) is 2.55. The molecule has 0 spiro atoms. The fraction of sp³-hybridized carbons (Fsp3) is 0.600. The van der Waals surface area contributed by atoms with Gasteiger partial charge in [0, 0.05) is 14.2 Å². The van der Waals surface area contributed by atoms with Crippen molar-refractivity contribution in [2.24, 2.45) is 5.41 Å². The average Bonchev–Trinajstić information content (AvgIpc) is 2.29. The summed E-state index contributed by atoms with van der Waals surface area (Å²) in [5, 5.41) is 9.98. The predicted molar refractivity (Wildman–Crippen MR) is 61.2 cm³/mol. The van der Waals surface area contributed by atoms with Gasteiger partial charge < -0.3 is 5.11 Å². The highest BCUT2D eigenvalue weighted by Crippen LogP contribution is 2.38. The molecular weight excluding hydrogens is 248 g/mol. The summed E-state index contributed by atoms with van der Waals surface area (Å²) in [6, 6.07) is 2.01. The number of rotatable bonds is 1. The fourth-order valence-electron chi connectivity index (χ4n) is 1.04. The van der Waals surface area contributed by atoms with Gasteiger partial charge in [0.2, 0.25) is 0 Å². The lowest BCUT2D eigenvalue weighted by atomic mass is 9.88. The van der Waals surface area contributed by atoms with E-state index in [1.165, 1.54) is 4.88 Å². The molecule has 0 fully saturated rings. The maximum Gasteiger partial charge on any atom is 0.0930 e. The lowest BCUT2D eigenvalue weighted by Gasteiger charge is -2.24. The van der Waals surface area contributed by atoms with Crippen molar-refractivity contribution in [2.45, 2.75) is 33.8 Å². The summed E-state index contributed by atoms with van der Waals surface area (Å²) in [4.78, 5) is 2.26. The molecule has 0 aliphatic rings. The number of aliphatic hydroxyl groups excluding tert-OH is 1. The molecule has 0 bridgehead atoms. The fourth-order valence-corrected chi connectivity index (χ4v) is 2.84. The lowest BCUT2D eigenvalue weighted by molar-refractivity contribution is 0.0658. The smallest absolute Gasteiger partial charge is 0.0930 e. The topological polar surface area (TPSA) is 20.2 Å². The van der Waals surface area contributed by atoms with Gasteiger partial charge in [-0.3, -0.25) is 0 Å². The Hall–Kier alpha value is 0.140. The molecule has 0 amide bonds. The molecule has 0 saturated carbocycles. The first kappa shape index (κ1) is 11.2. The van der Waals surface area contributed by atoms with Crippen molar-refractivity contribution < 1.29 is 5.11 Å². The van der Waals surface area contributed by atoms with E-state index in [-0.39, 0.29) is 11.5 Å². The zero-order chi connectivity index (χ0) is 10.2. The van der Waals surface area contributed by atoms with E-state index in [2.05, 4.69) is 15.9 Å². The van der Waals surface area contributed by atoms with E-state index < -0.39 is 0 Å². The molecule has 0 aliphatic carbocycles. The van der Waals surface area contributed by atoms with Crippen molar-refractivity contribution in [3.63, 3.8) is 0 Å². The van der Waals surface area contributed by atoms with Crippen LogP contribution in [0.1, 0.15) is 36.6 Å². The van der Waals surface area contributed by atoms with E-state index in [0.717, 1.165) is 9.35 Å². The highest BCUT2D eigenvalue weighted by Gasteiger charge is 2.25. The van der Waals surface area contributed by atoms with Crippen molar-refractivity contribution in [3.05, 3.63) is 20.3 Å². The minimum Gasteiger partial charge on any atom is -0.387 e. The summed E-state index contributed by atoms with van der Waals surface area (Å²) in [6.07, 6.45) is -0.373. The van der Waals surface area contributed by atoms with Gasteiger partial charge in [0.05, 0.1) is 6.10 Å². The number of aryl methyl sites for hydroxylation is 1. The summed E-state index contributed by atoms with van der Waals surface area (Å²) in [6.45, 7) is 8.18. The molecule has 1 aromatic rings. The normalized spacial score (nSPS) is 14.6.